The van der Waals surface area contributed by atoms with Gasteiger partial charge in [-0.05, 0) is 58.1 Å². The summed E-state index contributed by atoms with van der Waals surface area (Å²) in [6, 6.07) is 1.72. The number of carbonyl (C=O) groups excluding carboxylic acids is 2. The van der Waals surface area contributed by atoms with E-state index in [1.165, 1.54) is 11.5 Å². The van der Waals surface area contributed by atoms with Gasteiger partial charge in [-0.25, -0.2) is 9.17 Å². The molecular weight excluding hydrogens is 314 g/mol. The van der Waals surface area contributed by atoms with Gasteiger partial charge in [-0.2, -0.15) is 0 Å². The highest BCUT2D eigenvalue weighted by molar-refractivity contribution is 7.05. The molecule has 128 valence electrons. The molecule has 0 spiro atoms. The van der Waals surface area contributed by atoms with Crippen molar-refractivity contribution in [1.82, 2.24) is 14.6 Å². The highest BCUT2D eigenvalue weighted by Crippen LogP contribution is 2.25. The topological polar surface area (TPSA) is 71.5 Å². The first-order valence-electron chi connectivity index (χ1n) is 7.95. The number of ether oxygens (including phenoxy) is 1. The summed E-state index contributed by atoms with van der Waals surface area (Å²) in [6.45, 7) is 8.57. The van der Waals surface area contributed by atoms with Gasteiger partial charge < -0.3 is 15.0 Å². The number of piperidine rings is 1. The van der Waals surface area contributed by atoms with Crippen molar-refractivity contribution in [3.8, 4) is 0 Å². The minimum atomic E-state index is -0.530. The van der Waals surface area contributed by atoms with Crippen LogP contribution in [0.2, 0.25) is 0 Å². The summed E-state index contributed by atoms with van der Waals surface area (Å²) in [7, 11) is 0. The van der Waals surface area contributed by atoms with Gasteiger partial charge in [0.1, 0.15) is 5.60 Å². The zero-order valence-electron chi connectivity index (χ0n) is 14.2. The predicted octanol–water partition coefficient (Wildman–Crippen LogP) is 2.79. The Bertz CT molecular complexity index is 539. The quantitative estimate of drug-likeness (QED) is 0.919. The van der Waals surface area contributed by atoms with E-state index in [-0.39, 0.29) is 24.0 Å². The summed E-state index contributed by atoms with van der Waals surface area (Å²) < 4.78 is 9.46. The first-order chi connectivity index (χ1) is 10.8. The van der Waals surface area contributed by atoms with E-state index in [2.05, 4.69) is 9.69 Å². The smallest absolute Gasteiger partial charge is 0.410 e. The van der Waals surface area contributed by atoms with Gasteiger partial charge in [-0.15, -0.1) is 0 Å². The van der Waals surface area contributed by atoms with Gasteiger partial charge in [0.05, 0.1) is 12.5 Å². The molecular formula is C16H25N3O3S. The number of hydrogen-bond acceptors (Lipinski definition) is 5. The molecule has 0 saturated carbocycles. The first-order valence-corrected chi connectivity index (χ1v) is 8.72. The van der Waals surface area contributed by atoms with E-state index in [4.69, 9.17) is 4.74 Å². The van der Waals surface area contributed by atoms with E-state index in [9.17, 15) is 9.59 Å². The fourth-order valence-electron chi connectivity index (χ4n) is 2.71. The molecule has 23 heavy (non-hydrogen) atoms. The molecule has 1 aromatic heterocycles. The van der Waals surface area contributed by atoms with Gasteiger partial charge >= 0.3 is 6.09 Å². The van der Waals surface area contributed by atoms with E-state index in [0.717, 1.165) is 17.7 Å². The lowest BCUT2D eigenvalue weighted by atomic mass is 9.89. The molecule has 2 heterocycles. The maximum atomic E-state index is 12.5. The third-order valence-corrected chi connectivity index (χ3v) is 4.62. The van der Waals surface area contributed by atoms with Crippen molar-refractivity contribution in [3.05, 3.63) is 17.1 Å². The van der Waals surface area contributed by atoms with Crippen LogP contribution in [0.15, 0.2) is 12.3 Å². The average molecular weight is 339 g/mol. The monoisotopic (exact) mass is 339 g/mol. The van der Waals surface area contributed by atoms with Crippen molar-refractivity contribution in [2.45, 2.75) is 58.7 Å². The minimum Gasteiger partial charge on any atom is -0.444 e. The number of amides is 2. The number of rotatable bonds is 3. The van der Waals surface area contributed by atoms with E-state index in [0.29, 0.717) is 13.1 Å². The second-order valence-corrected chi connectivity index (χ2v) is 7.78. The van der Waals surface area contributed by atoms with Crippen molar-refractivity contribution in [3.63, 3.8) is 0 Å². The number of carbonyl (C=O) groups is 2. The minimum absolute atomic E-state index is 0.0147. The number of likely N-dealkylation sites (tertiary alicyclic amines) is 1. The highest BCUT2D eigenvalue weighted by atomic mass is 32.1. The number of hydrogen-bond donors (Lipinski definition) is 1. The number of nitrogens with zero attached hydrogens (tertiary/aromatic N) is 2. The predicted molar refractivity (Wildman–Crippen MR) is 89.1 cm³/mol. The standard InChI is InChI=1S/C16H25N3O3S/c1-11-13(14(20)17-10-12-7-8-18-23-12)6-5-9-19(11)15(21)22-16(2,3)4/h7-8,11,13H,5-6,9-10H2,1-4H3,(H,17,20)/t11-,13-/m1/s1. The summed E-state index contributed by atoms with van der Waals surface area (Å²) in [5.41, 5.74) is -0.530. The Morgan fingerprint density at radius 1 is 1.48 bits per heavy atom. The van der Waals surface area contributed by atoms with Crippen LogP contribution in [0.1, 0.15) is 45.4 Å². The summed E-state index contributed by atoms with van der Waals surface area (Å²) in [5.74, 6) is -0.219. The van der Waals surface area contributed by atoms with Crippen LogP contribution in [-0.2, 0) is 16.1 Å². The molecule has 1 aliphatic rings. The zero-order valence-corrected chi connectivity index (χ0v) is 15.0. The Balaban J connectivity index is 1.94. The van der Waals surface area contributed by atoms with Gasteiger partial charge in [-0.1, -0.05) is 0 Å². The molecule has 1 aromatic rings. The highest BCUT2D eigenvalue weighted by Gasteiger charge is 2.37. The van der Waals surface area contributed by atoms with Gasteiger partial charge in [0.2, 0.25) is 5.91 Å². The van der Waals surface area contributed by atoms with Crippen LogP contribution < -0.4 is 5.32 Å². The maximum Gasteiger partial charge on any atom is 0.410 e. The molecule has 1 saturated heterocycles. The van der Waals surface area contributed by atoms with Crippen LogP contribution in [0.4, 0.5) is 4.79 Å². The SMILES string of the molecule is C[C@@H]1[C@H](C(=O)NCc2ccns2)CCCN1C(=O)OC(C)(C)C. The molecule has 0 aromatic carbocycles. The van der Waals surface area contributed by atoms with Crippen LogP contribution in [0.5, 0.6) is 0 Å². The van der Waals surface area contributed by atoms with Crippen molar-refractivity contribution < 1.29 is 14.3 Å². The fraction of sp³-hybridized carbons (Fsp3) is 0.688. The van der Waals surface area contributed by atoms with Crippen LogP contribution in [0, 0.1) is 5.92 Å². The molecule has 2 amide bonds. The third-order valence-electron chi connectivity index (χ3n) is 3.88. The summed E-state index contributed by atoms with van der Waals surface area (Å²) >= 11 is 1.37. The normalized spacial score (nSPS) is 21.8. The molecule has 6 nitrogen and oxygen atoms in total. The molecule has 0 unspecified atom stereocenters. The molecule has 0 radical (unpaired) electrons. The largest absolute Gasteiger partial charge is 0.444 e. The van der Waals surface area contributed by atoms with Gasteiger partial charge in [0.15, 0.2) is 0 Å². The van der Waals surface area contributed by atoms with Crippen LogP contribution in [0.25, 0.3) is 0 Å². The van der Waals surface area contributed by atoms with Crippen LogP contribution in [0.3, 0.4) is 0 Å². The van der Waals surface area contributed by atoms with Crippen molar-refractivity contribution in [2.24, 2.45) is 5.92 Å². The molecule has 2 rings (SSSR count). The number of nitrogens with one attached hydrogen (secondary N) is 1. The van der Waals surface area contributed by atoms with Gasteiger partial charge in [-0.3, -0.25) is 4.79 Å². The second kappa shape index (κ2) is 7.29. The molecule has 2 atom stereocenters. The average Bonchev–Trinajstić information content (AvgIpc) is 2.96. The number of aromatic nitrogens is 1. The van der Waals surface area contributed by atoms with E-state index in [1.807, 2.05) is 33.8 Å². The Kier molecular flexibility index (Phi) is 5.62. The first kappa shape index (κ1) is 17.7. The van der Waals surface area contributed by atoms with E-state index >= 15 is 0 Å². The van der Waals surface area contributed by atoms with Gasteiger partial charge in [0.25, 0.3) is 0 Å². The van der Waals surface area contributed by atoms with Crippen molar-refractivity contribution >= 4 is 23.5 Å². The Morgan fingerprint density at radius 2 is 2.22 bits per heavy atom. The van der Waals surface area contributed by atoms with Gasteiger partial charge in [0, 0.05) is 23.7 Å². The van der Waals surface area contributed by atoms with Crippen LogP contribution in [-0.4, -0.2) is 39.5 Å². The second-order valence-electron chi connectivity index (χ2n) is 6.86. The molecule has 1 fully saturated rings. The Labute approximate surface area is 141 Å². The lowest BCUT2D eigenvalue weighted by Crippen LogP contribution is -2.52. The van der Waals surface area contributed by atoms with Crippen molar-refractivity contribution in [2.75, 3.05) is 6.54 Å². The lowest BCUT2D eigenvalue weighted by Gasteiger charge is -2.39. The van der Waals surface area contributed by atoms with E-state index in [1.54, 1.807) is 11.1 Å². The lowest BCUT2D eigenvalue weighted by molar-refractivity contribution is -0.128. The Morgan fingerprint density at radius 3 is 2.83 bits per heavy atom. The summed E-state index contributed by atoms with van der Waals surface area (Å²) in [5, 5.41) is 2.95. The summed E-state index contributed by atoms with van der Waals surface area (Å²) in [6.07, 6.45) is 2.97. The maximum absolute atomic E-state index is 12.5. The van der Waals surface area contributed by atoms with Crippen LogP contribution >= 0.6 is 11.5 Å². The van der Waals surface area contributed by atoms with E-state index < -0.39 is 5.60 Å². The Hall–Kier alpha value is -1.63. The molecule has 1 aliphatic heterocycles. The zero-order chi connectivity index (χ0) is 17.0. The molecule has 1 N–H and O–H groups in total. The summed E-state index contributed by atoms with van der Waals surface area (Å²) in [4.78, 5) is 27.4. The van der Waals surface area contributed by atoms with Crippen molar-refractivity contribution in [1.29, 1.82) is 0 Å². The molecule has 7 heteroatoms. The molecule has 0 bridgehead atoms. The third kappa shape index (κ3) is 4.92. The fourth-order valence-corrected chi connectivity index (χ4v) is 3.23. The molecule has 0 aliphatic carbocycles.